The van der Waals surface area contributed by atoms with E-state index in [2.05, 4.69) is 10.2 Å². The molecule has 0 saturated carbocycles. The molecule has 15 heavy (non-hydrogen) atoms. The molecule has 1 heterocycles. The molecule has 1 aliphatic rings. The van der Waals surface area contributed by atoms with Crippen molar-refractivity contribution in [3.63, 3.8) is 0 Å². The fourth-order valence-corrected chi connectivity index (χ4v) is 1.88. The minimum atomic E-state index is 0.794. The number of nitrogens with two attached hydrogens (primary N) is 2. The first-order valence-electron chi connectivity index (χ1n) is 6.23. The van der Waals surface area contributed by atoms with Gasteiger partial charge >= 0.3 is 0 Å². The van der Waals surface area contributed by atoms with Gasteiger partial charge in [-0.15, -0.1) is 0 Å². The lowest BCUT2D eigenvalue weighted by atomic mass is 10.2. The van der Waals surface area contributed by atoms with Crippen molar-refractivity contribution in [2.75, 3.05) is 39.3 Å². The molecule has 0 aromatic carbocycles. The van der Waals surface area contributed by atoms with E-state index in [1.54, 1.807) is 0 Å². The largest absolute Gasteiger partial charge is 0.330 e. The van der Waals surface area contributed by atoms with Crippen molar-refractivity contribution >= 4 is 0 Å². The topological polar surface area (TPSA) is 67.1 Å². The summed E-state index contributed by atoms with van der Waals surface area (Å²) in [5, 5.41) is 3.41. The molecule has 1 rings (SSSR count). The molecule has 0 spiro atoms. The van der Waals surface area contributed by atoms with Gasteiger partial charge in [-0.25, -0.2) is 0 Å². The lowest BCUT2D eigenvalue weighted by molar-refractivity contribution is 0.470. The molecule has 2 atom stereocenters. The first-order valence-corrected chi connectivity index (χ1v) is 6.23. The summed E-state index contributed by atoms with van der Waals surface area (Å²) >= 11 is 0. The first kappa shape index (κ1) is 12.9. The van der Waals surface area contributed by atoms with Crippen molar-refractivity contribution in [3.05, 3.63) is 0 Å². The molecule has 0 aromatic heterocycles. The standard InChI is InChI=1S/C11H26N4/c12-5-2-8-14-7-1-4-11-10-15(11)9-3-6-13/h11,14H,1-10,12-13H2/t11?,15-/m1/s1. The average molecular weight is 214 g/mol. The van der Waals surface area contributed by atoms with Gasteiger partial charge in [-0.2, -0.15) is 0 Å². The van der Waals surface area contributed by atoms with Crippen molar-refractivity contribution in [1.82, 2.24) is 10.2 Å². The summed E-state index contributed by atoms with van der Waals surface area (Å²) < 4.78 is 0. The van der Waals surface area contributed by atoms with Gasteiger partial charge in [-0.1, -0.05) is 0 Å². The summed E-state index contributed by atoms with van der Waals surface area (Å²) in [6, 6.07) is 0.854. The Labute approximate surface area is 93.4 Å². The molecule has 1 aliphatic heterocycles. The number of rotatable bonds is 10. The predicted molar refractivity (Wildman–Crippen MR) is 64.8 cm³/mol. The fourth-order valence-electron chi connectivity index (χ4n) is 1.88. The van der Waals surface area contributed by atoms with Gasteiger partial charge in [0.1, 0.15) is 0 Å². The van der Waals surface area contributed by atoms with Crippen LogP contribution in [0.15, 0.2) is 0 Å². The highest BCUT2D eigenvalue weighted by molar-refractivity contribution is 4.88. The molecule has 0 aliphatic carbocycles. The fraction of sp³-hybridized carbons (Fsp3) is 1.00. The second-order valence-electron chi connectivity index (χ2n) is 4.33. The van der Waals surface area contributed by atoms with E-state index in [0.29, 0.717) is 0 Å². The monoisotopic (exact) mass is 214 g/mol. The maximum absolute atomic E-state index is 5.47. The number of hydrogen-bond donors (Lipinski definition) is 3. The van der Waals surface area contributed by atoms with E-state index in [0.717, 1.165) is 45.1 Å². The van der Waals surface area contributed by atoms with Gasteiger partial charge in [-0.3, -0.25) is 4.90 Å². The van der Waals surface area contributed by atoms with E-state index in [9.17, 15) is 0 Å². The highest BCUT2D eigenvalue weighted by atomic mass is 15.3. The molecular weight excluding hydrogens is 188 g/mol. The summed E-state index contributed by atoms with van der Waals surface area (Å²) in [6.45, 7) is 6.32. The third-order valence-corrected chi connectivity index (χ3v) is 2.93. The summed E-state index contributed by atoms with van der Waals surface area (Å²) in [4.78, 5) is 2.52. The van der Waals surface area contributed by atoms with Gasteiger partial charge in [-0.05, 0) is 58.4 Å². The van der Waals surface area contributed by atoms with Crippen LogP contribution in [0.25, 0.3) is 0 Å². The maximum atomic E-state index is 5.47. The lowest BCUT2D eigenvalue weighted by Gasteiger charge is -2.04. The van der Waals surface area contributed by atoms with Crippen LogP contribution in [0, 0.1) is 0 Å². The van der Waals surface area contributed by atoms with Gasteiger partial charge in [0.25, 0.3) is 0 Å². The quantitative estimate of drug-likeness (QED) is 0.346. The second kappa shape index (κ2) is 8.05. The Bertz CT molecular complexity index is 152. The summed E-state index contributed by atoms with van der Waals surface area (Å²) in [5.74, 6) is 0. The van der Waals surface area contributed by atoms with E-state index < -0.39 is 0 Å². The van der Waals surface area contributed by atoms with Crippen molar-refractivity contribution in [2.24, 2.45) is 11.5 Å². The molecule has 0 aromatic rings. The number of hydrogen-bond acceptors (Lipinski definition) is 4. The second-order valence-corrected chi connectivity index (χ2v) is 4.33. The van der Waals surface area contributed by atoms with Crippen LogP contribution in [-0.2, 0) is 0 Å². The van der Waals surface area contributed by atoms with E-state index in [4.69, 9.17) is 11.5 Å². The zero-order valence-electron chi connectivity index (χ0n) is 9.75. The SMILES string of the molecule is NCCCNCCCC1C[N@@]1CCCN. The van der Waals surface area contributed by atoms with Crippen molar-refractivity contribution < 1.29 is 0 Å². The summed E-state index contributed by atoms with van der Waals surface area (Å²) in [6.07, 6.45) is 4.85. The van der Waals surface area contributed by atoms with Crippen LogP contribution in [-0.4, -0.2) is 50.2 Å². The van der Waals surface area contributed by atoms with Gasteiger partial charge in [0.05, 0.1) is 0 Å². The molecule has 1 unspecified atom stereocenters. The van der Waals surface area contributed by atoms with Crippen molar-refractivity contribution in [1.29, 1.82) is 0 Å². The summed E-state index contributed by atoms with van der Waals surface area (Å²) in [5.41, 5.74) is 10.9. The van der Waals surface area contributed by atoms with Gasteiger partial charge in [0, 0.05) is 12.6 Å². The Morgan fingerprint density at radius 3 is 2.53 bits per heavy atom. The predicted octanol–water partition coefficient (Wildman–Crippen LogP) is -0.262. The molecule has 0 radical (unpaired) electrons. The molecule has 4 nitrogen and oxygen atoms in total. The molecule has 1 fully saturated rings. The van der Waals surface area contributed by atoms with Gasteiger partial charge in [0.2, 0.25) is 0 Å². The minimum absolute atomic E-state index is 0.794. The molecule has 90 valence electrons. The molecule has 4 heteroatoms. The average Bonchev–Trinajstić information content (AvgIpc) is 2.99. The highest BCUT2D eigenvalue weighted by Crippen LogP contribution is 2.21. The number of nitrogens with zero attached hydrogens (tertiary/aromatic N) is 1. The van der Waals surface area contributed by atoms with Gasteiger partial charge < -0.3 is 16.8 Å². The Balaban J connectivity index is 1.78. The Hall–Kier alpha value is -0.160. The van der Waals surface area contributed by atoms with Crippen LogP contribution in [0.5, 0.6) is 0 Å². The number of nitrogens with one attached hydrogen (secondary N) is 1. The van der Waals surface area contributed by atoms with Crippen LogP contribution < -0.4 is 16.8 Å². The van der Waals surface area contributed by atoms with Crippen LogP contribution in [0.3, 0.4) is 0 Å². The van der Waals surface area contributed by atoms with E-state index >= 15 is 0 Å². The Morgan fingerprint density at radius 2 is 1.80 bits per heavy atom. The van der Waals surface area contributed by atoms with E-state index in [-0.39, 0.29) is 0 Å². The minimum Gasteiger partial charge on any atom is -0.330 e. The smallest absolute Gasteiger partial charge is 0.0224 e. The van der Waals surface area contributed by atoms with Crippen molar-refractivity contribution in [3.8, 4) is 0 Å². The summed E-state index contributed by atoms with van der Waals surface area (Å²) in [7, 11) is 0. The zero-order chi connectivity index (χ0) is 10.9. The van der Waals surface area contributed by atoms with Crippen LogP contribution >= 0.6 is 0 Å². The van der Waals surface area contributed by atoms with Crippen LogP contribution in [0.4, 0.5) is 0 Å². The zero-order valence-corrected chi connectivity index (χ0v) is 9.75. The van der Waals surface area contributed by atoms with Crippen LogP contribution in [0.2, 0.25) is 0 Å². The lowest BCUT2D eigenvalue weighted by Crippen LogP contribution is -2.20. The van der Waals surface area contributed by atoms with Crippen molar-refractivity contribution in [2.45, 2.75) is 31.7 Å². The first-order chi connectivity index (χ1) is 7.38. The molecule has 0 amide bonds. The molecular formula is C11H26N4. The molecule has 1 saturated heterocycles. The third-order valence-electron chi connectivity index (χ3n) is 2.93. The van der Waals surface area contributed by atoms with E-state index in [1.807, 2.05) is 0 Å². The maximum Gasteiger partial charge on any atom is 0.0224 e. The van der Waals surface area contributed by atoms with Gasteiger partial charge in [0.15, 0.2) is 0 Å². The normalized spacial score (nSPS) is 24.4. The van der Waals surface area contributed by atoms with Crippen LogP contribution in [0.1, 0.15) is 25.7 Å². The Kier molecular flexibility index (Phi) is 6.92. The third kappa shape index (κ3) is 6.10. The Morgan fingerprint density at radius 1 is 1.07 bits per heavy atom. The molecule has 0 bridgehead atoms. The molecule has 5 N–H and O–H groups in total. The highest BCUT2D eigenvalue weighted by Gasteiger charge is 2.31. The van der Waals surface area contributed by atoms with E-state index in [1.165, 1.54) is 25.9 Å².